The third-order valence-electron chi connectivity index (χ3n) is 12.1. The number of imide groups is 1. The van der Waals surface area contributed by atoms with Crippen LogP contribution in [0.25, 0.3) is 21.3 Å². The summed E-state index contributed by atoms with van der Waals surface area (Å²) in [7, 11) is 1.64. The number of fused-ring (bicyclic) bond motifs is 2. The van der Waals surface area contributed by atoms with Gasteiger partial charge < -0.3 is 15.3 Å². The van der Waals surface area contributed by atoms with Gasteiger partial charge >= 0.3 is 11.9 Å². The molecular weight excluding hydrogens is 791 g/mol. The number of amides is 3. The average molecular weight is 836 g/mol. The van der Waals surface area contributed by atoms with Crippen LogP contribution in [0.4, 0.5) is 23.2 Å². The molecule has 3 aliphatic rings. The summed E-state index contributed by atoms with van der Waals surface area (Å²) in [5.74, 6) is -1.55. The van der Waals surface area contributed by atoms with E-state index in [0.29, 0.717) is 41.0 Å². The van der Waals surface area contributed by atoms with E-state index in [2.05, 4.69) is 20.5 Å². The summed E-state index contributed by atoms with van der Waals surface area (Å²) < 4.78 is 59.6. The van der Waals surface area contributed by atoms with Gasteiger partial charge in [-0.25, -0.2) is 19.2 Å². The molecule has 0 spiro atoms. The van der Waals surface area contributed by atoms with Crippen molar-refractivity contribution in [1.29, 1.82) is 0 Å². The number of benzene rings is 2. The van der Waals surface area contributed by atoms with Crippen molar-refractivity contribution in [2.75, 3.05) is 25.0 Å². The summed E-state index contributed by atoms with van der Waals surface area (Å²) >= 11 is 1.49. The molecule has 0 bridgehead atoms. The van der Waals surface area contributed by atoms with E-state index in [1.807, 2.05) is 6.07 Å². The second-order valence-electron chi connectivity index (χ2n) is 16.6. The van der Waals surface area contributed by atoms with Gasteiger partial charge in [-0.05, 0) is 101 Å². The van der Waals surface area contributed by atoms with Crippen LogP contribution in [-0.4, -0.2) is 72.6 Å². The van der Waals surface area contributed by atoms with E-state index in [9.17, 15) is 37.5 Å². The minimum atomic E-state index is -4.71. The number of carbonyl (C=O) groups excluding carboxylic acids is 3. The molecule has 3 N–H and O–H groups in total. The Morgan fingerprint density at radius 1 is 1.00 bits per heavy atom. The van der Waals surface area contributed by atoms with Crippen LogP contribution in [0.2, 0.25) is 0 Å². The molecule has 5 aromatic rings. The summed E-state index contributed by atoms with van der Waals surface area (Å²) in [6, 6.07) is 11.2. The molecule has 1 saturated carbocycles. The number of rotatable bonds is 8. The normalized spacial score (nSPS) is 23.5. The maximum absolute atomic E-state index is 16.2. The van der Waals surface area contributed by atoms with Crippen LogP contribution in [0.1, 0.15) is 109 Å². The quantitative estimate of drug-likeness (QED) is 0.113. The number of nitrogens with zero attached hydrogens (tertiary/aromatic N) is 5. The van der Waals surface area contributed by atoms with Crippen molar-refractivity contribution >= 4 is 56.0 Å². The maximum atomic E-state index is 16.2. The number of aryl methyl sites for hydroxylation is 1. The van der Waals surface area contributed by atoms with Crippen LogP contribution in [0.15, 0.2) is 53.3 Å². The molecule has 3 aromatic heterocycles. The summed E-state index contributed by atoms with van der Waals surface area (Å²) in [6.07, 6.45) is -1.27. The van der Waals surface area contributed by atoms with Crippen molar-refractivity contribution in [3.63, 3.8) is 0 Å². The molecule has 1 unspecified atom stereocenters. The third-order valence-corrected chi connectivity index (χ3v) is 13.3. The smallest absolute Gasteiger partial charge is 0.386 e. The number of nitrogens with one attached hydrogen (secondary N) is 2. The number of aliphatic hydroxyl groups is 1. The van der Waals surface area contributed by atoms with E-state index in [1.165, 1.54) is 26.5 Å². The van der Waals surface area contributed by atoms with E-state index in [0.717, 1.165) is 59.6 Å². The minimum Gasteiger partial charge on any atom is -0.386 e. The van der Waals surface area contributed by atoms with E-state index in [1.54, 1.807) is 45.2 Å². The topological polar surface area (TPSA) is 151 Å². The van der Waals surface area contributed by atoms with Crippen LogP contribution in [0.5, 0.6) is 0 Å². The van der Waals surface area contributed by atoms with Gasteiger partial charge in [0.2, 0.25) is 11.8 Å². The highest BCUT2D eigenvalue weighted by atomic mass is 32.1. The number of likely N-dealkylation sites (tertiary alicyclic amines) is 1. The Labute approximate surface area is 340 Å². The lowest BCUT2D eigenvalue weighted by Gasteiger charge is -2.38. The molecule has 1 aliphatic carbocycles. The zero-order valence-corrected chi connectivity index (χ0v) is 33.6. The summed E-state index contributed by atoms with van der Waals surface area (Å²) in [6.45, 7) is 4.86. The fourth-order valence-corrected chi connectivity index (χ4v) is 10.3. The van der Waals surface area contributed by atoms with Crippen LogP contribution in [0.3, 0.4) is 0 Å². The molecule has 3 amide bonds. The molecule has 3 atom stereocenters. The molecule has 2 aliphatic heterocycles. The zero-order chi connectivity index (χ0) is 42.0. The van der Waals surface area contributed by atoms with Gasteiger partial charge in [-0.15, -0.1) is 11.3 Å². The Hall–Kier alpha value is -5.00. The first-order valence-electron chi connectivity index (χ1n) is 19.9. The predicted molar refractivity (Wildman–Crippen MR) is 214 cm³/mol. The van der Waals surface area contributed by atoms with Gasteiger partial charge in [0.25, 0.3) is 5.91 Å². The Morgan fingerprint density at radius 3 is 2.44 bits per heavy atom. The number of pyridine rings is 1. The number of carbonyl (C=O) groups is 3. The first-order chi connectivity index (χ1) is 28.0. The molecule has 312 valence electrons. The number of alkyl halides is 4. The van der Waals surface area contributed by atoms with Gasteiger partial charge in [0.05, 0.1) is 31.9 Å². The number of halogens is 4. The lowest BCUT2D eigenvalue weighted by atomic mass is 9.81. The lowest BCUT2D eigenvalue weighted by molar-refractivity contribution is -0.141. The summed E-state index contributed by atoms with van der Waals surface area (Å²) in [5, 5.41) is 16.9. The van der Waals surface area contributed by atoms with E-state index in [-0.39, 0.29) is 42.6 Å². The van der Waals surface area contributed by atoms with E-state index < -0.39 is 53.1 Å². The molecule has 2 saturated heterocycles. The molecule has 17 heteroatoms. The van der Waals surface area contributed by atoms with E-state index >= 15 is 4.39 Å². The van der Waals surface area contributed by atoms with Crippen LogP contribution < -0.4 is 16.3 Å². The van der Waals surface area contributed by atoms with E-state index in [4.69, 9.17) is 4.98 Å². The second-order valence-corrected chi connectivity index (χ2v) is 17.7. The van der Waals surface area contributed by atoms with Crippen molar-refractivity contribution < 1.29 is 37.1 Å². The number of aromatic nitrogens is 4. The monoisotopic (exact) mass is 835 g/mol. The Balaban J connectivity index is 0.912. The lowest BCUT2D eigenvalue weighted by Crippen LogP contribution is -2.44. The zero-order valence-electron chi connectivity index (χ0n) is 32.8. The van der Waals surface area contributed by atoms with Crippen molar-refractivity contribution in [3.05, 3.63) is 86.5 Å². The molecule has 0 radical (unpaired) electrons. The fourth-order valence-electron chi connectivity index (χ4n) is 9.12. The van der Waals surface area contributed by atoms with Gasteiger partial charge in [-0.1, -0.05) is 18.2 Å². The number of hydrogen-bond donors (Lipinski definition) is 3. The van der Waals surface area contributed by atoms with Gasteiger partial charge in [0.15, 0.2) is 0 Å². The number of piperidine rings is 2. The molecule has 2 aromatic carbocycles. The highest BCUT2D eigenvalue weighted by Gasteiger charge is 2.37. The van der Waals surface area contributed by atoms with Crippen LogP contribution in [0, 0.1) is 5.92 Å². The van der Waals surface area contributed by atoms with Gasteiger partial charge in [0.1, 0.15) is 23.6 Å². The number of imidazole rings is 1. The van der Waals surface area contributed by atoms with Crippen LogP contribution >= 0.6 is 11.3 Å². The standard InChI is InChI=1S/C42H45F4N7O5S/c1-41(2,58)26-18-30-33(19-29(26)48-37(55)28-7-5-9-34(47-28)42(44,45)46)59-39(49-30)23-12-10-22(11-13-23)20-52-17-16-24(27(43)21-52)25-6-4-8-31-36(25)51(3)40(57)53(31)32-14-15-35(54)50-38(32)56/h4-9,18-19,22-24,27,32,58H,10-17,20-21H2,1-3H3,(H,48,55)(H,50,54,56)/t22?,23?,24-,27+,32?/m0/s1. The van der Waals surface area contributed by atoms with Gasteiger partial charge in [-0.3, -0.25) is 28.8 Å². The molecular formula is C42H45F4N7O5S. The minimum absolute atomic E-state index is 0.138. The Morgan fingerprint density at radius 2 is 1.75 bits per heavy atom. The SMILES string of the molecule is Cn1c(=O)n(C2CCC(=O)NC2=O)c2cccc([C@@H]3CCN(CC4CCC(c5nc6cc(C(C)(C)O)c(NC(=O)c7cccc(C(F)(F)F)n7)cc6s5)CC4)C[C@H]3F)c21. The molecule has 12 nitrogen and oxygen atoms in total. The predicted octanol–water partition coefficient (Wildman–Crippen LogP) is 6.92. The summed E-state index contributed by atoms with van der Waals surface area (Å²) in [4.78, 5) is 61.6. The van der Waals surface area contributed by atoms with Crippen molar-refractivity contribution in [1.82, 2.24) is 29.3 Å². The van der Waals surface area contributed by atoms with Gasteiger partial charge in [0, 0.05) is 49.6 Å². The summed E-state index contributed by atoms with van der Waals surface area (Å²) in [5.41, 5.74) is -0.167. The van der Waals surface area contributed by atoms with Crippen molar-refractivity contribution in [3.8, 4) is 0 Å². The van der Waals surface area contributed by atoms with Crippen molar-refractivity contribution in [2.24, 2.45) is 13.0 Å². The number of para-hydroxylation sites is 1. The maximum Gasteiger partial charge on any atom is 0.433 e. The van der Waals surface area contributed by atoms with Gasteiger partial charge in [-0.2, -0.15) is 13.2 Å². The highest BCUT2D eigenvalue weighted by Crippen LogP contribution is 2.43. The molecule has 3 fully saturated rings. The number of thiazole rings is 1. The second kappa shape index (κ2) is 15.6. The number of anilines is 1. The first kappa shape index (κ1) is 40.8. The number of hydrogen-bond acceptors (Lipinski definition) is 9. The highest BCUT2D eigenvalue weighted by molar-refractivity contribution is 7.18. The first-order valence-corrected chi connectivity index (χ1v) is 20.7. The van der Waals surface area contributed by atoms with Crippen LogP contribution in [-0.2, 0) is 28.4 Å². The fraction of sp³-hybridized carbons (Fsp3) is 0.476. The average Bonchev–Trinajstić information content (AvgIpc) is 3.71. The van der Waals surface area contributed by atoms with Crippen molar-refractivity contribution in [2.45, 2.75) is 94.6 Å². The molecule has 8 rings (SSSR count). The molecule has 5 heterocycles. The largest absolute Gasteiger partial charge is 0.433 e. The molecule has 59 heavy (non-hydrogen) atoms. The third kappa shape index (κ3) is 8.03. The Bertz CT molecular complexity index is 2520. The Kier molecular flexibility index (Phi) is 10.7.